The van der Waals surface area contributed by atoms with Crippen molar-refractivity contribution in [3.05, 3.63) is 53.6 Å². The molecule has 0 amide bonds. The third-order valence-corrected chi connectivity index (χ3v) is 6.20. The van der Waals surface area contributed by atoms with E-state index in [9.17, 15) is 0 Å². The van der Waals surface area contributed by atoms with Crippen LogP contribution >= 0.6 is 0 Å². The molecule has 0 N–H and O–H groups in total. The van der Waals surface area contributed by atoms with E-state index in [1.165, 1.54) is 22.5 Å². The molecule has 0 radical (unpaired) electrons. The molecule has 1 unspecified atom stereocenters. The van der Waals surface area contributed by atoms with E-state index in [1.54, 1.807) is 7.11 Å². The molecule has 2 aromatic carbocycles. The highest BCUT2D eigenvalue weighted by atomic mass is 16.5. The first kappa shape index (κ1) is 20.0. The molecule has 0 bridgehead atoms. The van der Waals surface area contributed by atoms with Gasteiger partial charge >= 0.3 is 0 Å². The maximum atomic E-state index is 6.15. The Hall–Kier alpha value is -2.24. The van der Waals surface area contributed by atoms with Gasteiger partial charge in [0.25, 0.3) is 0 Å². The summed E-state index contributed by atoms with van der Waals surface area (Å²) < 4.78 is 11.4. The fourth-order valence-corrected chi connectivity index (χ4v) is 4.36. The van der Waals surface area contributed by atoms with Crippen LogP contribution in [0.2, 0.25) is 0 Å². The van der Waals surface area contributed by atoms with Crippen LogP contribution in [-0.4, -0.2) is 65.4 Å². The fourth-order valence-electron chi connectivity index (χ4n) is 4.36. The summed E-state index contributed by atoms with van der Waals surface area (Å²) in [5.41, 5.74) is 5.40. The van der Waals surface area contributed by atoms with Crippen LogP contribution in [0.1, 0.15) is 23.7 Å². The number of nitrogens with zero attached hydrogens (tertiary/aromatic N) is 3. The Balaban J connectivity index is 1.30. The molecule has 0 saturated carbocycles. The highest BCUT2D eigenvalue weighted by molar-refractivity contribution is 5.51. The summed E-state index contributed by atoms with van der Waals surface area (Å²) in [5.74, 6) is 0.915. The molecule has 156 valence electrons. The van der Waals surface area contributed by atoms with Crippen LogP contribution in [0.3, 0.4) is 0 Å². The summed E-state index contributed by atoms with van der Waals surface area (Å²) >= 11 is 0. The summed E-state index contributed by atoms with van der Waals surface area (Å²) in [6.07, 6.45) is 2.32. The van der Waals surface area contributed by atoms with Crippen molar-refractivity contribution < 1.29 is 9.47 Å². The Morgan fingerprint density at radius 2 is 1.79 bits per heavy atom. The summed E-state index contributed by atoms with van der Waals surface area (Å²) in [4.78, 5) is 7.21. The topological polar surface area (TPSA) is 28.2 Å². The number of piperazine rings is 1. The van der Waals surface area contributed by atoms with Gasteiger partial charge in [-0.05, 0) is 60.4 Å². The van der Waals surface area contributed by atoms with Gasteiger partial charge in [0.05, 0.1) is 19.8 Å². The molecule has 0 aliphatic carbocycles. The van der Waals surface area contributed by atoms with E-state index < -0.39 is 0 Å². The minimum absolute atomic E-state index is 0.231. The Kier molecular flexibility index (Phi) is 6.26. The van der Waals surface area contributed by atoms with Crippen molar-refractivity contribution in [1.29, 1.82) is 0 Å². The smallest absolute Gasteiger partial charge is 0.119 e. The molecule has 5 heteroatoms. The van der Waals surface area contributed by atoms with Crippen LogP contribution in [0.4, 0.5) is 11.4 Å². The molecule has 2 heterocycles. The maximum absolute atomic E-state index is 6.15. The number of anilines is 2. The largest absolute Gasteiger partial charge is 0.497 e. The summed E-state index contributed by atoms with van der Waals surface area (Å²) in [6.45, 7) is 6.27. The molecule has 29 heavy (non-hydrogen) atoms. The number of rotatable bonds is 6. The summed E-state index contributed by atoms with van der Waals surface area (Å²) in [5, 5.41) is 0. The van der Waals surface area contributed by atoms with Gasteiger partial charge in [0, 0.05) is 58.2 Å². The number of hydrogen-bond donors (Lipinski definition) is 0. The molecule has 2 aliphatic heterocycles. The van der Waals surface area contributed by atoms with Crippen molar-refractivity contribution >= 4 is 11.4 Å². The van der Waals surface area contributed by atoms with E-state index in [2.05, 4.69) is 59.1 Å². The van der Waals surface area contributed by atoms with E-state index in [0.29, 0.717) is 0 Å². The van der Waals surface area contributed by atoms with E-state index >= 15 is 0 Å². The Labute approximate surface area is 174 Å². The molecule has 2 aliphatic rings. The van der Waals surface area contributed by atoms with Crippen molar-refractivity contribution in [2.75, 3.05) is 70.3 Å². The Morgan fingerprint density at radius 1 is 1.03 bits per heavy atom. The van der Waals surface area contributed by atoms with Crippen LogP contribution in [0.25, 0.3) is 0 Å². The van der Waals surface area contributed by atoms with Gasteiger partial charge in [-0.3, -0.25) is 4.90 Å². The van der Waals surface area contributed by atoms with Gasteiger partial charge in [-0.25, -0.2) is 0 Å². The predicted molar refractivity (Wildman–Crippen MR) is 119 cm³/mol. The van der Waals surface area contributed by atoms with Crippen LogP contribution in [0.15, 0.2) is 42.5 Å². The summed E-state index contributed by atoms with van der Waals surface area (Å²) in [6, 6.07) is 15.2. The second kappa shape index (κ2) is 9.06. The van der Waals surface area contributed by atoms with Gasteiger partial charge in [-0.15, -0.1) is 0 Å². The van der Waals surface area contributed by atoms with Gasteiger partial charge in [-0.1, -0.05) is 6.07 Å². The Bertz CT molecular complexity index is 798. The molecule has 4 rings (SSSR count). The second-order valence-corrected chi connectivity index (χ2v) is 8.20. The highest BCUT2D eigenvalue weighted by Gasteiger charge is 2.23. The van der Waals surface area contributed by atoms with Crippen molar-refractivity contribution in [3.8, 4) is 5.75 Å². The Morgan fingerprint density at radius 3 is 2.48 bits per heavy atom. The van der Waals surface area contributed by atoms with Crippen LogP contribution in [0, 0.1) is 0 Å². The first-order chi connectivity index (χ1) is 14.1. The van der Waals surface area contributed by atoms with E-state index in [4.69, 9.17) is 9.47 Å². The number of benzene rings is 2. The van der Waals surface area contributed by atoms with E-state index in [-0.39, 0.29) is 6.10 Å². The standard InChI is InChI=1S/C24H33N3O2/c1-25(2)21-6-9-23-19(18-21)11-17-29-24(23)10-12-26-13-15-27(16-14-26)20-4-7-22(28-3)8-5-20/h4-9,18,24H,10-17H2,1-3H3. The zero-order valence-corrected chi connectivity index (χ0v) is 17.9. The van der Waals surface area contributed by atoms with Gasteiger partial charge < -0.3 is 19.3 Å². The first-order valence-electron chi connectivity index (χ1n) is 10.7. The number of ether oxygens (including phenoxy) is 2. The predicted octanol–water partition coefficient (Wildman–Crippen LogP) is 3.59. The van der Waals surface area contributed by atoms with E-state index in [0.717, 1.165) is 57.9 Å². The molecule has 0 spiro atoms. The average molecular weight is 396 g/mol. The zero-order valence-electron chi connectivity index (χ0n) is 17.9. The number of hydrogen-bond acceptors (Lipinski definition) is 5. The quantitative estimate of drug-likeness (QED) is 0.745. The van der Waals surface area contributed by atoms with Gasteiger partial charge in [-0.2, -0.15) is 0 Å². The molecule has 0 aromatic heterocycles. The average Bonchev–Trinajstić information content (AvgIpc) is 2.77. The molecule has 1 atom stereocenters. The normalized spacial score (nSPS) is 19.7. The molecule has 1 fully saturated rings. The SMILES string of the molecule is COc1ccc(N2CCN(CCC3OCCc4cc(N(C)C)ccc43)CC2)cc1. The monoisotopic (exact) mass is 395 g/mol. The minimum atomic E-state index is 0.231. The van der Waals surface area contributed by atoms with Crippen molar-refractivity contribution in [2.24, 2.45) is 0 Å². The third kappa shape index (κ3) is 4.68. The third-order valence-electron chi connectivity index (χ3n) is 6.20. The van der Waals surface area contributed by atoms with Crippen molar-refractivity contribution in [1.82, 2.24) is 4.90 Å². The first-order valence-corrected chi connectivity index (χ1v) is 10.7. The molecule has 2 aromatic rings. The van der Waals surface area contributed by atoms with Crippen LogP contribution in [-0.2, 0) is 11.2 Å². The fraction of sp³-hybridized carbons (Fsp3) is 0.500. The zero-order chi connectivity index (χ0) is 20.2. The van der Waals surface area contributed by atoms with Gasteiger partial charge in [0.15, 0.2) is 0 Å². The maximum Gasteiger partial charge on any atom is 0.119 e. The molecule has 1 saturated heterocycles. The molecule has 5 nitrogen and oxygen atoms in total. The minimum Gasteiger partial charge on any atom is -0.497 e. The lowest BCUT2D eigenvalue weighted by atomic mass is 9.94. The second-order valence-electron chi connectivity index (χ2n) is 8.20. The van der Waals surface area contributed by atoms with Crippen molar-refractivity contribution in [3.63, 3.8) is 0 Å². The molecular weight excluding hydrogens is 362 g/mol. The van der Waals surface area contributed by atoms with Gasteiger partial charge in [0.1, 0.15) is 5.75 Å². The van der Waals surface area contributed by atoms with E-state index in [1.807, 2.05) is 12.1 Å². The van der Waals surface area contributed by atoms with Crippen LogP contribution < -0.4 is 14.5 Å². The summed E-state index contributed by atoms with van der Waals surface area (Å²) in [7, 11) is 5.91. The lowest BCUT2D eigenvalue weighted by Crippen LogP contribution is -2.46. The van der Waals surface area contributed by atoms with Crippen molar-refractivity contribution in [2.45, 2.75) is 18.9 Å². The lowest BCUT2D eigenvalue weighted by Gasteiger charge is -2.37. The highest BCUT2D eigenvalue weighted by Crippen LogP contribution is 2.32. The van der Waals surface area contributed by atoms with Gasteiger partial charge in [0.2, 0.25) is 0 Å². The number of fused-ring (bicyclic) bond motifs is 1. The lowest BCUT2D eigenvalue weighted by molar-refractivity contribution is 0.0289. The molecular formula is C24H33N3O2. The number of methoxy groups -OCH3 is 1. The van der Waals surface area contributed by atoms with Crippen LogP contribution in [0.5, 0.6) is 5.75 Å².